The predicted molar refractivity (Wildman–Crippen MR) is 52.1 cm³/mol. The van der Waals surface area contributed by atoms with E-state index >= 15 is 0 Å². The van der Waals surface area contributed by atoms with Crippen molar-refractivity contribution < 1.29 is 4.79 Å². The van der Waals surface area contributed by atoms with Crippen LogP contribution in [-0.2, 0) is 4.79 Å². The van der Waals surface area contributed by atoms with E-state index in [1.807, 2.05) is 11.8 Å². The molecule has 0 aromatic rings. The van der Waals surface area contributed by atoms with E-state index in [1.54, 1.807) is 6.92 Å². The maximum absolute atomic E-state index is 11.2. The van der Waals surface area contributed by atoms with Crippen molar-refractivity contribution in [2.75, 3.05) is 11.5 Å². The van der Waals surface area contributed by atoms with E-state index in [0.29, 0.717) is 12.0 Å². The zero-order valence-corrected chi connectivity index (χ0v) is 8.36. The molecule has 70 valence electrons. The minimum Gasteiger partial charge on any atom is -0.351 e. The Hall–Kier alpha value is -0.220. The van der Waals surface area contributed by atoms with E-state index in [0.717, 1.165) is 11.5 Å². The molecule has 4 heteroatoms. The molecule has 0 radical (unpaired) electrons. The molecule has 1 amide bonds. The van der Waals surface area contributed by atoms with E-state index in [9.17, 15) is 4.79 Å². The van der Waals surface area contributed by atoms with E-state index in [4.69, 9.17) is 5.73 Å². The quantitative estimate of drug-likeness (QED) is 0.651. The molecule has 1 aliphatic heterocycles. The average Bonchev–Trinajstić information content (AvgIpc) is 2.36. The minimum absolute atomic E-state index is 0.0330. The third-order valence-corrected chi connectivity index (χ3v) is 3.46. The number of nitrogens with two attached hydrogens (primary N) is 1. The van der Waals surface area contributed by atoms with Gasteiger partial charge in [0, 0.05) is 11.8 Å². The number of rotatable bonds is 2. The summed E-state index contributed by atoms with van der Waals surface area (Å²) in [6, 6.07) is -0.0590. The molecule has 0 spiro atoms. The van der Waals surface area contributed by atoms with E-state index in [1.165, 1.54) is 0 Å². The Morgan fingerprint density at radius 1 is 1.67 bits per heavy atom. The van der Waals surface area contributed by atoms with Gasteiger partial charge in [0.05, 0.1) is 6.04 Å². The molecule has 1 saturated heterocycles. The second kappa shape index (κ2) is 4.14. The lowest BCUT2D eigenvalue weighted by atomic mass is 10.1. The standard InChI is InChI=1S/C8H16N2OS/c1-5-3-12-4-7(5)10-8(11)6(2)9/h5-7H,3-4,9H2,1-2H3,(H,10,11)/t5?,6-,7?/m1/s1. The van der Waals surface area contributed by atoms with Crippen LogP contribution >= 0.6 is 11.8 Å². The van der Waals surface area contributed by atoms with Crippen LogP contribution in [0.2, 0.25) is 0 Å². The molecule has 0 aromatic carbocycles. The Labute approximate surface area is 77.5 Å². The number of nitrogens with one attached hydrogen (secondary N) is 1. The van der Waals surface area contributed by atoms with Gasteiger partial charge in [-0.2, -0.15) is 11.8 Å². The van der Waals surface area contributed by atoms with Crippen molar-refractivity contribution in [3.8, 4) is 0 Å². The number of carbonyl (C=O) groups is 1. The van der Waals surface area contributed by atoms with Gasteiger partial charge < -0.3 is 11.1 Å². The first-order valence-electron chi connectivity index (χ1n) is 4.25. The lowest BCUT2D eigenvalue weighted by Gasteiger charge is -2.17. The van der Waals surface area contributed by atoms with Gasteiger partial charge >= 0.3 is 0 Å². The molecule has 0 aliphatic carbocycles. The van der Waals surface area contributed by atoms with Gasteiger partial charge in [-0.3, -0.25) is 4.79 Å². The summed E-state index contributed by atoms with van der Waals surface area (Å²) in [7, 11) is 0. The maximum Gasteiger partial charge on any atom is 0.236 e. The second-order valence-electron chi connectivity index (χ2n) is 3.42. The molecule has 1 rings (SSSR count). The number of carbonyl (C=O) groups excluding carboxylic acids is 1. The van der Waals surface area contributed by atoms with Gasteiger partial charge in [-0.1, -0.05) is 6.92 Å². The minimum atomic E-state index is -0.386. The molecule has 0 aromatic heterocycles. The van der Waals surface area contributed by atoms with Crippen molar-refractivity contribution >= 4 is 17.7 Å². The third kappa shape index (κ3) is 2.38. The lowest BCUT2D eigenvalue weighted by molar-refractivity contribution is -0.122. The Kier molecular flexibility index (Phi) is 3.40. The first-order chi connectivity index (χ1) is 5.61. The van der Waals surface area contributed by atoms with Gasteiger partial charge in [0.2, 0.25) is 5.91 Å². The molecule has 2 unspecified atom stereocenters. The number of amides is 1. The largest absolute Gasteiger partial charge is 0.351 e. The average molecular weight is 188 g/mol. The zero-order chi connectivity index (χ0) is 9.14. The molecule has 12 heavy (non-hydrogen) atoms. The van der Waals surface area contributed by atoms with Gasteiger partial charge in [-0.05, 0) is 18.6 Å². The van der Waals surface area contributed by atoms with Crippen LogP contribution in [0, 0.1) is 5.92 Å². The highest BCUT2D eigenvalue weighted by Gasteiger charge is 2.25. The van der Waals surface area contributed by atoms with E-state index < -0.39 is 0 Å². The summed E-state index contributed by atoms with van der Waals surface area (Å²) in [5, 5.41) is 2.94. The fraction of sp³-hybridized carbons (Fsp3) is 0.875. The van der Waals surface area contributed by atoms with Crippen LogP contribution < -0.4 is 11.1 Å². The highest BCUT2D eigenvalue weighted by Crippen LogP contribution is 2.23. The first kappa shape index (κ1) is 9.86. The summed E-state index contributed by atoms with van der Waals surface area (Å²) in [5.41, 5.74) is 5.44. The Morgan fingerprint density at radius 2 is 2.33 bits per heavy atom. The van der Waals surface area contributed by atoms with Gasteiger partial charge in [0.25, 0.3) is 0 Å². The van der Waals surface area contributed by atoms with Crippen molar-refractivity contribution in [1.82, 2.24) is 5.32 Å². The first-order valence-corrected chi connectivity index (χ1v) is 5.40. The van der Waals surface area contributed by atoms with Gasteiger partial charge in [-0.25, -0.2) is 0 Å². The highest BCUT2D eigenvalue weighted by atomic mass is 32.2. The third-order valence-electron chi connectivity index (χ3n) is 2.11. The van der Waals surface area contributed by atoms with Crippen molar-refractivity contribution in [3.63, 3.8) is 0 Å². The van der Waals surface area contributed by atoms with Crippen molar-refractivity contribution in [3.05, 3.63) is 0 Å². The van der Waals surface area contributed by atoms with Crippen LogP contribution in [0.25, 0.3) is 0 Å². The zero-order valence-electron chi connectivity index (χ0n) is 7.54. The molecular formula is C8H16N2OS. The van der Waals surface area contributed by atoms with E-state index in [2.05, 4.69) is 12.2 Å². The molecular weight excluding hydrogens is 172 g/mol. The van der Waals surface area contributed by atoms with Gasteiger partial charge in [-0.15, -0.1) is 0 Å². The molecule has 3 N–H and O–H groups in total. The number of hydrogen-bond acceptors (Lipinski definition) is 3. The summed E-state index contributed by atoms with van der Waals surface area (Å²) < 4.78 is 0. The van der Waals surface area contributed by atoms with Gasteiger partial charge in [0.15, 0.2) is 0 Å². The van der Waals surface area contributed by atoms with Crippen LogP contribution in [0.3, 0.4) is 0 Å². The van der Waals surface area contributed by atoms with Crippen molar-refractivity contribution in [2.24, 2.45) is 11.7 Å². The lowest BCUT2D eigenvalue weighted by Crippen LogP contribution is -2.46. The number of thioether (sulfide) groups is 1. The maximum atomic E-state index is 11.2. The van der Waals surface area contributed by atoms with Crippen LogP contribution in [0.15, 0.2) is 0 Å². The van der Waals surface area contributed by atoms with Crippen LogP contribution in [-0.4, -0.2) is 29.5 Å². The molecule has 0 bridgehead atoms. The fourth-order valence-electron chi connectivity index (χ4n) is 1.16. The normalized spacial score (nSPS) is 31.6. The summed E-state index contributed by atoms with van der Waals surface area (Å²) in [4.78, 5) is 11.2. The number of hydrogen-bond donors (Lipinski definition) is 2. The summed E-state index contributed by atoms with van der Waals surface area (Å²) in [6.07, 6.45) is 0. The summed E-state index contributed by atoms with van der Waals surface area (Å²) in [5.74, 6) is 2.72. The van der Waals surface area contributed by atoms with Crippen molar-refractivity contribution in [1.29, 1.82) is 0 Å². The smallest absolute Gasteiger partial charge is 0.236 e. The topological polar surface area (TPSA) is 55.1 Å². The van der Waals surface area contributed by atoms with Gasteiger partial charge in [0.1, 0.15) is 0 Å². The molecule has 3 nitrogen and oxygen atoms in total. The monoisotopic (exact) mass is 188 g/mol. The molecule has 1 heterocycles. The molecule has 1 aliphatic rings. The highest BCUT2D eigenvalue weighted by molar-refractivity contribution is 7.99. The Bertz CT molecular complexity index is 172. The predicted octanol–water partition coefficient (Wildman–Crippen LogP) is 0.201. The van der Waals surface area contributed by atoms with Crippen LogP contribution in [0.5, 0.6) is 0 Å². The second-order valence-corrected chi connectivity index (χ2v) is 4.49. The van der Waals surface area contributed by atoms with Crippen LogP contribution in [0.4, 0.5) is 0 Å². The molecule has 3 atom stereocenters. The molecule has 1 fully saturated rings. The van der Waals surface area contributed by atoms with E-state index in [-0.39, 0.29) is 11.9 Å². The summed E-state index contributed by atoms with van der Waals surface area (Å²) >= 11 is 1.89. The SMILES string of the molecule is CC1CSCC1NC(=O)[C@@H](C)N. The van der Waals surface area contributed by atoms with Crippen molar-refractivity contribution in [2.45, 2.75) is 25.9 Å². The molecule has 0 saturated carbocycles. The van der Waals surface area contributed by atoms with Crippen LogP contribution in [0.1, 0.15) is 13.8 Å². The fourth-order valence-corrected chi connectivity index (χ4v) is 2.57. The Morgan fingerprint density at radius 3 is 2.75 bits per heavy atom. The summed E-state index contributed by atoms with van der Waals surface area (Å²) in [6.45, 7) is 3.87. The Balaban J connectivity index is 2.35.